The molecule has 0 saturated carbocycles. The van der Waals surface area contributed by atoms with Crippen LogP contribution in [-0.4, -0.2) is 6.04 Å². The van der Waals surface area contributed by atoms with Gasteiger partial charge in [0.1, 0.15) is 6.17 Å². The van der Waals surface area contributed by atoms with Crippen LogP contribution in [0.4, 0.5) is 4.39 Å². The number of benzene rings is 1. The van der Waals surface area contributed by atoms with E-state index < -0.39 is 12.2 Å². The van der Waals surface area contributed by atoms with Crippen molar-refractivity contribution in [2.75, 3.05) is 0 Å². The van der Waals surface area contributed by atoms with E-state index in [0.717, 1.165) is 0 Å². The molecule has 2 atom stereocenters. The van der Waals surface area contributed by atoms with Gasteiger partial charge >= 0.3 is 0 Å². The van der Waals surface area contributed by atoms with Crippen LogP contribution < -0.4 is 5.73 Å². The Hall–Kier alpha value is -0.600. The van der Waals surface area contributed by atoms with E-state index in [0.29, 0.717) is 10.6 Å². The standard InChI is InChI=1S/C9H11ClFN/c1-6(12)9(11)7-4-2-3-5-8(7)10/h2-6,9H,12H2,1H3. The summed E-state index contributed by atoms with van der Waals surface area (Å²) in [6.45, 7) is 1.62. The van der Waals surface area contributed by atoms with Gasteiger partial charge in [0, 0.05) is 16.6 Å². The van der Waals surface area contributed by atoms with Crippen LogP contribution in [0.1, 0.15) is 18.7 Å². The number of hydrogen-bond acceptors (Lipinski definition) is 1. The third-order valence-corrected chi connectivity index (χ3v) is 2.01. The maximum Gasteiger partial charge on any atom is 0.141 e. The van der Waals surface area contributed by atoms with Gasteiger partial charge in [-0.15, -0.1) is 0 Å². The van der Waals surface area contributed by atoms with Gasteiger partial charge in [-0.25, -0.2) is 4.39 Å². The van der Waals surface area contributed by atoms with Crippen molar-refractivity contribution >= 4 is 11.6 Å². The molecule has 1 aromatic rings. The van der Waals surface area contributed by atoms with Gasteiger partial charge in [-0.3, -0.25) is 0 Å². The summed E-state index contributed by atoms with van der Waals surface area (Å²) >= 11 is 5.77. The van der Waals surface area contributed by atoms with Gasteiger partial charge in [0.15, 0.2) is 0 Å². The second kappa shape index (κ2) is 3.87. The lowest BCUT2D eigenvalue weighted by Gasteiger charge is -2.13. The van der Waals surface area contributed by atoms with Gasteiger partial charge in [0.2, 0.25) is 0 Å². The van der Waals surface area contributed by atoms with E-state index in [9.17, 15) is 4.39 Å². The van der Waals surface area contributed by atoms with Crippen molar-refractivity contribution < 1.29 is 4.39 Å². The highest BCUT2D eigenvalue weighted by atomic mass is 35.5. The SMILES string of the molecule is CC(N)C(F)c1ccccc1Cl. The van der Waals surface area contributed by atoms with E-state index in [1.54, 1.807) is 31.2 Å². The molecule has 0 aromatic heterocycles. The highest BCUT2D eigenvalue weighted by Gasteiger charge is 2.16. The van der Waals surface area contributed by atoms with Crippen molar-refractivity contribution in [2.24, 2.45) is 5.73 Å². The number of alkyl halides is 1. The highest BCUT2D eigenvalue weighted by Crippen LogP contribution is 2.26. The molecule has 0 saturated heterocycles. The minimum Gasteiger partial charge on any atom is -0.325 e. The van der Waals surface area contributed by atoms with E-state index in [-0.39, 0.29) is 0 Å². The summed E-state index contributed by atoms with van der Waals surface area (Å²) in [7, 11) is 0. The number of halogens is 2. The molecule has 0 bridgehead atoms. The molecule has 0 amide bonds. The first-order valence-electron chi connectivity index (χ1n) is 3.77. The molecule has 66 valence electrons. The predicted octanol–water partition coefficient (Wildman–Crippen LogP) is 2.70. The Morgan fingerprint density at radius 1 is 1.42 bits per heavy atom. The van der Waals surface area contributed by atoms with E-state index in [4.69, 9.17) is 17.3 Å². The van der Waals surface area contributed by atoms with Crippen molar-refractivity contribution in [3.63, 3.8) is 0 Å². The third kappa shape index (κ3) is 1.96. The van der Waals surface area contributed by atoms with Crippen molar-refractivity contribution in [3.8, 4) is 0 Å². The van der Waals surface area contributed by atoms with Gasteiger partial charge in [0.25, 0.3) is 0 Å². The van der Waals surface area contributed by atoms with E-state index >= 15 is 0 Å². The fraction of sp³-hybridized carbons (Fsp3) is 0.333. The van der Waals surface area contributed by atoms with E-state index in [1.807, 2.05) is 0 Å². The fourth-order valence-corrected chi connectivity index (χ4v) is 1.22. The Bertz CT molecular complexity index is 262. The Morgan fingerprint density at radius 3 is 2.50 bits per heavy atom. The monoisotopic (exact) mass is 187 g/mol. The molecule has 0 radical (unpaired) electrons. The molecule has 0 aliphatic carbocycles. The van der Waals surface area contributed by atoms with Crippen molar-refractivity contribution in [1.82, 2.24) is 0 Å². The molecule has 1 rings (SSSR count). The third-order valence-electron chi connectivity index (χ3n) is 1.66. The highest BCUT2D eigenvalue weighted by molar-refractivity contribution is 6.31. The zero-order valence-corrected chi connectivity index (χ0v) is 7.55. The van der Waals surface area contributed by atoms with E-state index in [1.165, 1.54) is 0 Å². The summed E-state index contributed by atoms with van der Waals surface area (Å²) in [6.07, 6.45) is -1.18. The topological polar surface area (TPSA) is 26.0 Å². The van der Waals surface area contributed by atoms with Crippen LogP contribution >= 0.6 is 11.6 Å². The van der Waals surface area contributed by atoms with Crippen LogP contribution in [-0.2, 0) is 0 Å². The fourth-order valence-electron chi connectivity index (χ4n) is 0.982. The Balaban J connectivity index is 2.94. The lowest BCUT2D eigenvalue weighted by molar-refractivity contribution is 0.300. The van der Waals surface area contributed by atoms with Crippen LogP contribution in [0.5, 0.6) is 0 Å². The van der Waals surface area contributed by atoms with Crippen LogP contribution in [0.15, 0.2) is 24.3 Å². The largest absolute Gasteiger partial charge is 0.325 e. The molecule has 3 heteroatoms. The Kier molecular flexibility index (Phi) is 3.06. The predicted molar refractivity (Wildman–Crippen MR) is 49.0 cm³/mol. The summed E-state index contributed by atoms with van der Waals surface area (Å²) in [4.78, 5) is 0. The average Bonchev–Trinajstić information content (AvgIpc) is 2.04. The maximum absolute atomic E-state index is 13.3. The molecular weight excluding hydrogens is 177 g/mol. The summed E-state index contributed by atoms with van der Waals surface area (Å²) in [5.41, 5.74) is 5.87. The summed E-state index contributed by atoms with van der Waals surface area (Å²) < 4.78 is 13.3. The molecule has 0 aliphatic heterocycles. The molecule has 12 heavy (non-hydrogen) atoms. The van der Waals surface area contributed by atoms with Crippen molar-refractivity contribution in [3.05, 3.63) is 34.9 Å². The minimum atomic E-state index is -1.18. The molecule has 1 aromatic carbocycles. The lowest BCUT2D eigenvalue weighted by Crippen LogP contribution is -2.21. The first-order chi connectivity index (χ1) is 5.63. The smallest absolute Gasteiger partial charge is 0.141 e. The van der Waals surface area contributed by atoms with E-state index in [2.05, 4.69) is 0 Å². The summed E-state index contributed by atoms with van der Waals surface area (Å²) in [6, 6.07) is 6.29. The first-order valence-corrected chi connectivity index (χ1v) is 4.15. The zero-order chi connectivity index (χ0) is 9.14. The normalized spacial score (nSPS) is 15.7. The van der Waals surface area contributed by atoms with Crippen LogP contribution in [0.2, 0.25) is 5.02 Å². The number of rotatable bonds is 2. The molecular formula is C9H11ClFN. The van der Waals surface area contributed by atoms with Gasteiger partial charge in [-0.05, 0) is 13.0 Å². The number of hydrogen-bond donors (Lipinski definition) is 1. The van der Waals surface area contributed by atoms with Gasteiger partial charge in [-0.1, -0.05) is 29.8 Å². The second-order valence-electron chi connectivity index (χ2n) is 2.78. The average molecular weight is 188 g/mol. The Labute approximate surface area is 76.3 Å². The molecule has 0 fully saturated rings. The first kappa shape index (κ1) is 9.49. The van der Waals surface area contributed by atoms with Crippen molar-refractivity contribution in [2.45, 2.75) is 19.1 Å². The van der Waals surface area contributed by atoms with Gasteiger partial charge in [-0.2, -0.15) is 0 Å². The quantitative estimate of drug-likeness (QED) is 0.757. The molecule has 2 unspecified atom stereocenters. The van der Waals surface area contributed by atoms with Crippen LogP contribution in [0.3, 0.4) is 0 Å². The number of nitrogens with two attached hydrogens (primary N) is 1. The van der Waals surface area contributed by atoms with Crippen LogP contribution in [0.25, 0.3) is 0 Å². The molecule has 1 nitrogen and oxygen atoms in total. The minimum absolute atomic E-state index is 0.433. The molecule has 0 aliphatic rings. The molecule has 0 spiro atoms. The van der Waals surface area contributed by atoms with Gasteiger partial charge in [0.05, 0.1) is 0 Å². The van der Waals surface area contributed by atoms with Gasteiger partial charge < -0.3 is 5.73 Å². The lowest BCUT2D eigenvalue weighted by atomic mass is 10.1. The Morgan fingerprint density at radius 2 is 2.00 bits per heavy atom. The zero-order valence-electron chi connectivity index (χ0n) is 6.80. The molecule has 2 N–H and O–H groups in total. The summed E-state index contributed by atoms with van der Waals surface area (Å²) in [5, 5.41) is 0.433. The maximum atomic E-state index is 13.3. The van der Waals surface area contributed by atoms with Crippen molar-refractivity contribution in [1.29, 1.82) is 0 Å². The van der Waals surface area contributed by atoms with Crippen LogP contribution in [0, 0.1) is 0 Å². The second-order valence-corrected chi connectivity index (χ2v) is 3.19. The molecule has 0 heterocycles. The summed E-state index contributed by atoms with van der Waals surface area (Å²) in [5.74, 6) is 0.